The molecule has 0 spiro atoms. The van der Waals surface area contributed by atoms with Crippen LogP contribution in [0.25, 0.3) is 21.7 Å². The number of thioether (sulfide) groups is 1. The number of aryl methyl sites for hydroxylation is 1. The van der Waals surface area contributed by atoms with Crippen LogP contribution in [0.3, 0.4) is 0 Å². The number of fused-ring (bicyclic) bond motifs is 2. The van der Waals surface area contributed by atoms with E-state index >= 15 is 0 Å². The molecule has 4 aromatic carbocycles. The highest BCUT2D eigenvalue weighted by Gasteiger charge is 2.12. The fourth-order valence-electron chi connectivity index (χ4n) is 4.27. The fourth-order valence-corrected chi connectivity index (χ4v) is 5.16. The van der Waals surface area contributed by atoms with Gasteiger partial charge in [0.05, 0.1) is 5.75 Å². The second kappa shape index (κ2) is 10.7. The Hall–Kier alpha value is -4.03. The van der Waals surface area contributed by atoms with Gasteiger partial charge in [0.15, 0.2) is 0 Å². The van der Waals surface area contributed by atoms with Crippen LogP contribution in [0.1, 0.15) is 15.9 Å². The van der Waals surface area contributed by atoms with Gasteiger partial charge in [0.1, 0.15) is 0 Å². The normalized spacial score (nSPS) is 11.0. The Morgan fingerprint density at radius 1 is 0.833 bits per heavy atom. The van der Waals surface area contributed by atoms with Gasteiger partial charge < -0.3 is 15.2 Å². The molecular formula is C30H27N3O2S. The van der Waals surface area contributed by atoms with Crippen LogP contribution in [-0.4, -0.2) is 28.7 Å². The summed E-state index contributed by atoms with van der Waals surface area (Å²) in [7, 11) is 0. The number of hydrogen-bond acceptors (Lipinski definition) is 3. The lowest BCUT2D eigenvalue weighted by Crippen LogP contribution is -2.27. The van der Waals surface area contributed by atoms with Crippen LogP contribution in [0, 0.1) is 6.92 Å². The molecule has 6 heteroatoms. The second-order valence-corrected chi connectivity index (χ2v) is 9.71. The first-order chi connectivity index (χ1) is 17.6. The second-order valence-electron chi connectivity index (χ2n) is 8.69. The van der Waals surface area contributed by atoms with Crippen LogP contribution in [0.5, 0.6) is 0 Å². The van der Waals surface area contributed by atoms with E-state index in [1.54, 1.807) is 0 Å². The lowest BCUT2D eigenvalue weighted by molar-refractivity contribution is -0.113. The number of aromatic nitrogens is 1. The standard InChI is InChI=1S/C30H27N3O2S/c1-21-13-15-23(16-14-21)30(35)31-17-18-33-19-28(25-10-4-5-12-27(25)33)36-20-29(34)32-26-11-6-8-22-7-2-3-9-24(22)26/h2-16,19H,17-18,20H2,1H3,(H,31,35)(H,32,34). The molecular weight excluding hydrogens is 466 g/mol. The summed E-state index contributed by atoms with van der Waals surface area (Å²) in [6.45, 7) is 3.15. The molecule has 0 bridgehead atoms. The van der Waals surface area contributed by atoms with Crippen molar-refractivity contribution in [1.82, 2.24) is 9.88 Å². The van der Waals surface area contributed by atoms with Crippen molar-refractivity contribution in [3.8, 4) is 0 Å². The van der Waals surface area contributed by atoms with Crippen molar-refractivity contribution in [3.63, 3.8) is 0 Å². The molecule has 0 atom stereocenters. The molecule has 1 heterocycles. The van der Waals surface area contributed by atoms with Gasteiger partial charge in [0.25, 0.3) is 5.91 Å². The topological polar surface area (TPSA) is 63.1 Å². The van der Waals surface area contributed by atoms with Crippen molar-refractivity contribution in [2.45, 2.75) is 18.4 Å². The number of rotatable bonds is 8. The van der Waals surface area contributed by atoms with Crippen LogP contribution in [0.2, 0.25) is 0 Å². The number of anilines is 1. The van der Waals surface area contributed by atoms with Gasteiger partial charge in [-0.15, -0.1) is 11.8 Å². The van der Waals surface area contributed by atoms with Gasteiger partial charge in [0.2, 0.25) is 5.91 Å². The zero-order valence-corrected chi connectivity index (χ0v) is 20.8. The summed E-state index contributed by atoms with van der Waals surface area (Å²) in [5, 5.41) is 9.29. The predicted octanol–water partition coefficient (Wildman–Crippen LogP) is 6.26. The van der Waals surface area contributed by atoms with Gasteiger partial charge in [-0.3, -0.25) is 9.59 Å². The minimum Gasteiger partial charge on any atom is -0.350 e. The highest BCUT2D eigenvalue weighted by atomic mass is 32.2. The first kappa shape index (κ1) is 23.7. The number of carbonyl (C=O) groups excluding carboxylic acids is 2. The Bertz CT molecular complexity index is 1530. The quantitative estimate of drug-likeness (QED) is 0.251. The summed E-state index contributed by atoms with van der Waals surface area (Å²) in [6, 6.07) is 29.7. The molecule has 0 radical (unpaired) electrons. The number of carbonyl (C=O) groups is 2. The van der Waals surface area contributed by atoms with Crippen LogP contribution >= 0.6 is 11.8 Å². The van der Waals surface area contributed by atoms with E-state index in [2.05, 4.69) is 33.5 Å². The Balaban J connectivity index is 1.23. The highest BCUT2D eigenvalue weighted by molar-refractivity contribution is 8.00. The zero-order chi connectivity index (χ0) is 24.9. The molecule has 36 heavy (non-hydrogen) atoms. The molecule has 5 rings (SSSR count). The van der Waals surface area contributed by atoms with Crippen molar-refractivity contribution in [3.05, 3.63) is 108 Å². The largest absolute Gasteiger partial charge is 0.350 e. The van der Waals surface area contributed by atoms with E-state index in [-0.39, 0.29) is 11.8 Å². The van der Waals surface area contributed by atoms with Crippen molar-refractivity contribution >= 4 is 50.9 Å². The third-order valence-electron chi connectivity index (χ3n) is 6.13. The molecule has 0 saturated heterocycles. The summed E-state index contributed by atoms with van der Waals surface area (Å²) in [6.07, 6.45) is 2.07. The molecule has 2 amide bonds. The Morgan fingerprint density at radius 3 is 2.39 bits per heavy atom. The molecule has 0 unspecified atom stereocenters. The van der Waals surface area contributed by atoms with E-state index in [1.165, 1.54) is 11.8 Å². The van der Waals surface area contributed by atoms with Gasteiger partial charge in [-0.2, -0.15) is 0 Å². The minimum atomic E-state index is -0.0776. The van der Waals surface area contributed by atoms with Gasteiger partial charge in [-0.05, 0) is 36.6 Å². The fraction of sp³-hybridized carbons (Fsp3) is 0.133. The van der Waals surface area contributed by atoms with Gasteiger partial charge in [-0.1, -0.05) is 72.3 Å². The van der Waals surface area contributed by atoms with Crippen LogP contribution in [-0.2, 0) is 11.3 Å². The number of amides is 2. The molecule has 0 saturated carbocycles. The first-order valence-electron chi connectivity index (χ1n) is 11.9. The minimum absolute atomic E-state index is 0.0430. The summed E-state index contributed by atoms with van der Waals surface area (Å²) in [5.74, 6) is 0.186. The molecule has 5 nitrogen and oxygen atoms in total. The van der Waals surface area contributed by atoms with E-state index in [1.807, 2.05) is 85.8 Å². The third kappa shape index (κ3) is 5.29. The Kier molecular flexibility index (Phi) is 7.05. The maximum atomic E-state index is 12.8. The van der Waals surface area contributed by atoms with Crippen LogP contribution in [0.4, 0.5) is 5.69 Å². The number of nitrogens with zero attached hydrogens (tertiary/aromatic N) is 1. The number of benzene rings is 4. The highest BCUT2D eigenvalue weighted by Crippen LogP contribution is 2.30. The first-order valence-corrected chi connectivity index (χ1v) is 12.9. The lowest BCUT2D eigenvalue weighted by atomic mass is 10.1. The van der Waals surface area contributed by atoms with Gasteiger partial charge >= 0.3 is 0 Å². The predicted molar refractivity (Wildman–Crippen MR) is 149 cm³/mol. The molecule has 1 aromatic heterocycles. The average Bonchev–Trinajstić information content (AvgIpc) is 3.26. The Morgan fingerprint density at radius 2 is 1.56 bits per heavy atom. The Labute approximate surface area is 214 Å². The number of para-hydroxylation sites is 1. The SMILES string of the molecule is Cc1ccc(C(=O)NCCn2cc(SCC(=O)Nc3cccc4ccccc34)c3ccccc32)cc1. The molecule has 2 N–H and O–H groups in total. The molecule has 0 aliphatic carbocycles. The molecule has 0 aliphatic heterocycles. The van der Waals surface area contributed by atoms with Crippen LogP contribution in [0.15, 0.2) is 102 Å². The molecule has 0 aliphatic rings. The summed E-state index contributed by atoms with van der Waals surface area (Å²) < 4.78 is 2.13. The third-order valence-corrected chi connectivity index (χ3v) is 7.17. The van der Waals surface area contributed by atoms with Gasteiger partial charge in [0, 0.05) is 51.7 Å². The van der Waals surface area contributed by atoms with E-state index < -0.39 is 0 Å². The molecule has 180 valence electrons. The van der Waals surface area contributed by atoms with Crippen LogP contribution < -0.4 is 10.6 Å². The summed E-state index contributed by atoms with van der Waals surface area (Å²) in [5.41, 5.74) is 3.69. The molecule has 5 aromatic rings. The van der Waals surface area contributed by atoms with E-state index in [4.69, 9.17) is 0 Å². The average molecular weight is 494 g/mol. The lowest BCUT2D eigenvalue weighted by Gasteiger charge is -2.08. The van der Waals surface area contributed by atoms with Crippen molar-refractivity contribution in [2.75, 3.05) is 17.6 Å². The van der Waals surface area contributed by atoms with Crippen molar-refractivity contribution in [2.24, 2.45) is 0 Å². The molecule has 0 fully saturated rings. The van der Waals surface area contributed by atoms with Crippen molar-refractivity contribution in [1.29, 1.82) is 0 Å². The smallest absolute Gasteiger partial charge is 0.251 e. The maximum Gasteiger partial charge on any atom is 0.251 e. The summed E-state index contributed by atoms with van der Waals surface area (Å²) >= 11 is 1.52. The number of hydrogen-bond donors (Lipinski definition) is 2. The van der Waals surface area contributed by atoms with Crippen molar-refractivity contribution < 1.29 is 9.59 Å². The van der Waals surface area contributed by atoms with E-state index in [9.17, 15) is 9.59 Å². The van der Waals surface area contributed by atoms with E-state index in [0.29, 0.717) is 24.4 Å². The van der Waals surface area contributed by atoms with Gasteiger partial charge in [-0.25, -0.2) is 0 Å². The number of nitrogens with one attached hydrogen (secondary N) is 2. The maximum absolute atomic E-state index is 12.8. The monoisotopic (exact) mass is 493 g/mol. The zero-order valence-electron chi connectivity index (χ0n) is 20.0. The van der Waals surface area contributed by atoms with E-state index in [0.717, 1.165) is 37.8 Å². The summed E-state index contributed by atoms with van der Waals surface area (Å²) in [4.78, 5) is 26.3.